The number of esters is 1. The summed E-state index contributed by atoms with van der Waals surface area (Å²) in [7, 11) is 0. The van der Waals surface area contributed by atoms with Crippen LogP contribution in [0.1, 0.15) is 46.0 Å². The Hall–Kier alpha value is -1.31. The fourth-order valence-electron chi connectivity index (χ4n) is 2.62. The van der Waals surface area contributed by atoms with E-state index in [2.05, 4.69) is 4.74 Å². The van der Waals surface area contributed by atoms with Gasteiger partial charge in [0.2, 0.25) is 5.91 Å². The number of halogens is 3. The Morgan fingerprint density at radius 2 is 1.81 bits per heavy atom. The van der Waals surface area contributed by atoms with Gasteiger partial charge in [0.15, 0.2) is 0 Å². The zero-order valence-corrected chi connectivity index (χ0v) is 12.3. The molecule has 1 fully saturated rings. The summed E-state index contributed by atoms with van der Waals surface area (Å²) in [6.45, 7) is 2.19. The number of amides is 1. The Balaban J connectivity index is 3.08. The molecule has 0 saturated heterocycles. The number of carbonyl (C=O) groups is 2. The van der Waals surface area contributed by atoms with Gasteiger partial charge in [-0.15, -0.1) is 0 Å². The summed E-state index contributed by atoms with van der Waals surface area (Å²) in [5, 5.41) is 2.69. The minimum atomic E-state index is -4.94. The summed E-state index contributed by atoms with van der Waals surface area (Å²) >= 11 is 0. The van der Waals surface area contributed by atoms with Crippen molar-refractivity contribution in [2.75, 3.05) is 6.61 Å². The molecule has 0 aliphatic heterocycles. The lowest BCUT2D eigenvalue weighted by atomic mass is 9.93. The molecule has 1 rings (SSSR count). The van der Waals surface area contributed by atoms with E-state index in [4.69, 9.17) is 0 Å². The van der Waals surface area contributed by atoms with Gasteiger partial charge in [0, 0.05) is 6.92 Å². The second-order valence-electron chi connectivity index (χ2n) is 5.27. The number of nitrogens with two attached hydrogens (primary N) is 1. The van der Waals surface area contributed by atoms with Crippen LogP contribution < -0.4 is 10.6 Å². The molecule has 0 aromatic heterocycles. The van der Waals surface area contributed by atoms with Crippen LogP contribution in [0.4, 0.5) is 13.2 Å². The first-order valence-electron chi connectivity index (χ1n) is 7.11. The molecule has 5 nitrogen and oxygen atoms in total. The minimum absolute atomic E-state index is 0.186. The zero-order valence-electron chi connectivity index (χ0n) is 12.3. The van der Waals surface area contributed by atoms with Crippen LogP contribution in [-0.2, 0) is 14.3 Å². The predicted molar refractivity (Wildman–Crippen MR) is 68.0 cm³/mol. The van der Waals surface area contributed by atoms with Gasteiger partial charge in [-0.25, -0.2) is 4.79 Å². The molecular formula is C13H22F3N2O3+. The molecule has 122 valence electrons. The number of rotatable bonds is 5. The molecule has 0 aromatic carbocycles. The van der Waals surface area contributed by atoms with E-state index in [0.29, 0.717) is 12.8 Å². The number of hydrogen-bond acceptors (Lipinski definition) is 3. The summed E-state index contributed by atoms with van der Waals surface area (Å²) in [5.74, 6) is -2.40. The molecule has 0 bridgehead atoms. The number of carbonyl (C=O) groups excluding carboxylic acids is 2. The lowest BCUT2D eigenvalue weighted by Crippen LogP contribution is -3.10. The number of quaternary nitrogens is 1. The van der Waals surface area contributed by atoms with Crippen LogP contribution in [-0.4, -0.2) is 36.4 Å². The minimum Gasteiger partial charge on any atom is -0.460 e. The van der Waals surface area contributed by atoms with E-state index in [0.717, 1.165) is 31.5 Å². The first kappa shape index (κ1) is 17.7. The van der Waals surface area contributed by atoms with Gasteiger partial charge in [-0.2, -0.15) is 13.2 Å². The molecule has 0 radical (unpaired) electrons. The van der Waals surface area contributed by atoms with E-state index in [9.17, 15) is 22.8 Å². The largest absolute Gasteiger partial charge is 0.478 e. The highest BCUT2D eigenvalue weighted by Crippen LogP contribution is 2.28. The molecule has 0 spiro atoms. The molecule has 1 aliphatic carbocycles. The van der Waals surface area contributed by atoms with Crippen LogP contribution in [0.15, 0.2) is 0 Å². The van der Waals surface area contributed by atoms with Gasteiger partial charge in [-0.3, -0.25) is 10.1 Å². The van der Waals surface area contributed by atoms with E-state index >= 15 is 0 Å². The van der Waals surface area contributed by atoms with Crippen LogP contribution >= 0.6 is 0 Å². The molecule has 1 amide bonds. The zero-order chi connectivity index (χ0) is 16.1. The van der Waals surface area contributed by atoms with Gasteiger partial charge < -0.3 is 10.1 Å². The molecule has 0 aromatic rings. The van der Waals surface area contributed by atoms with Crippen molar-refractivity contribution in [1.82, 2.24) is 5.32 Å². The predicted octanol–water partition coefficient (Wildman–Crippen LogP) is 0.840. The third kappa shape index (κ3) is 4.33. The van der Waals surface area contributed by atoms with Gasteiger partial charge in [0.25, 0.3) is 0 Å². The lowest BCUT2D eigenvalue weighted by molar-refractivity contribution is -0.773. The lowest BCUT2D eigenvalue weighted by Gasteiger charge is -2.35. The van der Waals surface area contributed by atoms with Gasteiger partial charge >= 0.3 is 17.8 Å². The Bertz CT molecular complexity index is 381. The molecule has 0 unspecified atom stereocenters. The highest BCUT2D eigenvalue weighted by Gasteiger charge is 2.68. The van der Waals surface area contributed by atoms with Crippen molar-refractivity contribution < 1.29 is 32.8 Å². The maximum atomic E-state index is 13.5. The maximum absolute atomic E-state index is 13.5. The van der Waals surface area contributed by atoms with Crippen molar-refractivity contribution in [2.24, 2.45) is 0 Å². The number of ether oxygens (including phenoxy) is 1. The average molecular weight is 311 g/mol. The molecule has 1 aliphatic rings. The molecule has 1 saturated carbocycles. The van der Waals surface area contributed by atoms with Crippen LogP contribution in [0.3, 0.4) is 0 Å². The first-order chi connectivity index (χ1) is 9.73. The molecule has 3 N–H and O–H groups in total. The SMILES string of the molecule is CCOC(=O)[C@](NC(C)=O)([NH2+]C1CCCCC1)C(F)(F)F. The van der Waals surface area contributed by atoms with Crippen LogP contribution in [0.25, 0.3) is 0 Å². The van der Waals surface area contributed by atoms with Crippen molar-refractivity contribution in [3.05, 3.63) is 0 Å². The van der Waals surface area contributed by atoms with Gasteiger partial charge in [-0.1, -0.05) is 6.42 Å². The van der Waals surface area contributed by atoms with Crippen LogP contribution in [0.5, 0.6) is 0 Å². The fourth-order valence-corrected chi connectivity index (χ4v) is 2.62. The Labute approximate surface area is 121 Å². The van der Waals surface area contributed by atoms with Crippen molar-refractivity contribution in [3.8, 4) is 0 Å². The number of nitrogens with one attached hydrogen (secondary N) is 1. The van der Waals surface area contributed by atoms with Gasteiger partial charge in [-0.05, 0) is 32.6 Å². The van der Waals surface area contributed by atoms with Crippen LogP contribution in [0, 0.1) is 0 Å². The molecular weight excluding hydrogens is 289 g/mol. The third-order valence-electron chi connectivity index (χ3n) is 3.55. The van der Waals surface area contributed by atoms with E-state index in [1.54, 1.807) is 5.32 Å². The Morgan fingerprint density at radius 3 is 2.24 bits per heavy atom. The highest BCUT2D eigenvalue weighted by molar-refractivity contribution is 5.86. The fraction of sp³-hybridized carbons (Fsp3) is 0.846. The summed E-state index contributed by atoms with van der Waals surface area (Å²) in [4.78, 5) is 23.2. The topological polar surface area (TPSA) is 72.0 Å². The first-order valence-corrected chi connectivity index (χ1v) is 7.11. The number of hydrogen-bond donors (Lipinski definition) is 2. The Kier molecular flexibility index (Phi) is 6.00. The summed E-state index contributed by atoms with van der Waals surface area (Å²) in [5.41, 5.74) is -3.06. The summed E-state index contributed by atoms with van der Waals surface area (Å²) < 4.78 is 45.1. The molecule has 1 atom stereocenters. The second kappa shape index (κ2) is 7.11. The van der Waals surface area contributed by atoms with Crippen molar-refractivity contribution in [1.29, 1.82) is 0 Å². The van der Waals surface area contributed by atoms with Crippen molar-refractivity contribution in [2.45, 2.75) is 63.8 Å². The quantitative estimate of drug-likeness (QED) is 0.584. The maximum Gasteiger partial charge on any atom is 0.478 e. The summed E-state index contributed by atoms with van der Waals surface area (Å²) in [6, 6.07) is -0.364. The van der Waals surface area contributed by atoms with Gasteiger partial charge in [0.1, 0.15) is 0 Å². The van der Waals surface area contributed by atoms with E-state index < -0.39 is 23.7 Å². The van der Waals surface area contributed by atoms with E-state index in [1.807, 2.05) is 0 Å². The van der Waals surface area contributed by atoms with Gasteiger partial charge in [0.05, 0.1) is 12.6 Å². The monoisotopic (exact) mass is 311 g/mol. The average Bonchev–Trinajstić information content (AvgIpc) is 2.37. The normalized spacial score (nSPS) is 19.7. The van der Waals surface area contributed by atoms with Crippen LogP contribution in [0.2, 0.25) is 0 Å². The summed E-state index contributed by atoms with van der Waals surface area (Å²) in [6.07, 6.45) is -1.17. The Morgan fingerprint density at radius 1 is 1.24 bits per heavy atom. The van der Waals surface area contributed by atoms with E-state index in [-0.39, 0.29) is 12.6 Å². The third-order valence-corrected chi connectivity index (χ3v) is 3.55. The molecule has 8 heteroatoms. The number of alkyl halides is 3. The molecule has 0 heterocycles. The van der Waals surface area contributed by atoms with E-state index in [1.165, 1.54) is 6.92 Å². The van der Waals surface area contributed by atoms with Crippen molar-refractivity contribution >= 4 is 11.9 Å². The van der Waals surface area contributed by atoms with Crippen molar-refractivity contribution in [3.63, 3.8) is 0 Å². The highest BCUT2D eigenvalue weighted by atomic mass is 19.4. The standard InChI is InChI=1S/C13H21F3N2O3/c1-3-21-11(20)12(13(14,15)16,17-9(2)19)18-10-7-5-4-6-8-10/h10,18H,3-8H2,1-2H3,(H,17,19)/p+1/t12-/m0/s1. The molecule has 21 heavy (non-hydrogen) atoms. The smallest absolute Gasteiger partial charge is 0.460 e. The second-order valence-corrected chi connectivity index (χ2v) is 5.27.